The molecule has 0 aromatic carbocycles. The number of carbonyl (C=O) groups excluding carboxylic acids is 1. The van der Waals surface area contributed by atoms with Crippen molar-refractivity contribution in [3.05, 3.63) is 28.5 Å². The fourth-order valence-electron chi connectivity index (χ4n) is 2.72. The third-order valence-corrected chi connectivity index (χ3v) is 4.48. The first-order chi connectivity index (χ1) is 9.40. The Morgan fingerprint density at radius 1 is 1.40 bits per heavy atom. The smallest absolute Gasteiger partial charge is 0.254 e. The summed E-state index contributed by atoms with van der Waals surface area (Å²) in [4.78, 5) is 19.0. The highest BCUT2D eigenvalue weighted by Crippen LogP contribution is 2.26. The van der Waals surface area contributed by atoms with Gasteiger partial charge in [-0.15, -0.1) is 0 Å². The molecule has 2 atom stereocenters. The molecule has 1 saturated heterocycles. The van der Waals surface area contributed by atoms with Crippen molar-refractivity contribution in [2.24, 2.45) is 5.92 Å². The number of nitrogens with zero attached hydrogens (tertiary/aromatic N) is 2. The van der Waals surface area contributed by atoms with Crippen LogP contribution in [0, 0.1) is 5.92 Å². The zero-order valence-electron chi connectivity index (χ0n) is 12.7. The highest BCUT2D eigenvalue weighted by molar-refractivity contribution is 6.29. The zero-order valence-corrected chi connectivity index (χ0v) is 13.4. The van der Waals surface area contributed by atoms with Gasteiger partial charge < -0.3 is 4.90 Å². The monoisotopic (exact) mass is 294 g/mol. The molecular weight excluding hydrogens is 272 g/mol. The predicted octanol–water partition coefficient (Wildman–Crippen LogP) is 4.12. The predicted molar refractivity (Wildman–Crippen MR) is 82.2 cm³/mol. The molecule has 1 amide bonds. The first kappa shape index (κ1) is 15.3. The van der Waals surface area contributed by atoms with Crippen molar-refractivity contribution in [1.29, 1.82) is 0 Å². The van der Waals surface area contributed by atoms with Crippen molar-refractivity contribution in [3.63, 3.8) is 0 Å². The van der Waals surface area contributed by atoms with Gasteiger partial charge in [0.2, 0.25) is 0 Å². The van der Waals surface area contributed by atoms with E-state index < -0.39 is 0 Å². The van der Waals surface area contributed by atoms with Gasteiger partial charge in [0.25, 0.3) is 5.91 Å². The number of likely N-dealkylation sites (tertiary alicyclic amines) is 1. The van der Waals surface area contributed by atoms with Crippen molar-refractivity contribution in [2.45, 2.75) is 52.5 Å². The Bertz CT molecular complexity index is 501. The van der Waals surface area contributed by atoms with Crippen LogP contribution in [0.2, 0.25) is 5.15 Å². The minimum atomic E-state index is 0.0789. The summed E-state index contributed by atoms with van der Waals surface area (Å²) in [7, 11) is 0. The van der Waals surface area contributed by atoms with E-state index in [2.05, 4.69) is 32.7 Å². The summed E-state index contributed by atoms with van der Waals surface area (Å²) in [6.45, 7) is 9.29. The Labute approximate surface area is 126 Å². The van der Waals surface area contributed by atoms with Crippen LogP contribution in [0.25, 0.3) is 0 Å². The van der Waals surface area contributed by atoms with Crippen LogP contribution in [-0.2, 0) is 0 Å². The molecule has 2 heterocycles. The number of rotatable bonds is 2. The lowest BCUT2D eigenvalue weighted by Crippen LogP contribution is -2.46. The van der Waals surface area contributed by atoms with Crippen LogP contribution in [0.15, 0.2) is 12.1 Å². The number of piperidine rings is 1. The highest BCUT2D eigenvalue weighted by atomic mass is 35.5. The van der Waals surface area contributed by atoms with E-state index in [0.29, 0.717) is 16.6 Å². The van der Waals surface area contributed by atoms with Gasteiger partial charge in [0.05, 0.1) is 0 Å². The maximum absolute atomic E-state index is 12.7. The first-order valence-corrected chi connectivity index (χ1v) is 7.76. The maximum Gasteiger partial charge on any atom is 0.254 e. The molecule has 110 valence electrons. The molecule has 0 spiro atoms. The molecule has 2 unspecified atom stereocenters. The van der Waals surface area contributed by atoms with Crippen molar-refractivity contribution in [1.82, 2.24) is 9.88 Å². The summed E-state index contributed by atoms with van der Waals surface area (Å²) in [5.74, 6) is 0.891. The van der Waals surface area contributed by atoms with Crippen molar-refractivity contribution >= 4 is 17.5 Å². The summed E-state index contributed by atoms with van der Waals surface area (Å²) in [6, 6.07) is 3.85. The molecule has 1 aromatic heterocycles. The van der Waals surface area contributed by atoms with E-state index in [1.54, 1.807) is 6.07 Å². The molecular formula is C16H23ClN2O. The standard InChI is InChI=1S/C16H23ClN2O/c1-10(2)14-8-13(9-15(17)18-14)16(20)19-7-5-6-11(3)12(19)4/h8-12H,5-7H2,1-4H3. The molecule has 1 aliphatic rings. The molecule has 4 heteroatoms. The van der Waals surface area contributed by atoms with E-state index in [1.807, 2.05) is 11.0 Å². The average molecular weight is 295 g/mol. The number of hydrogen-bond donors (Lipinski definition) is 0. The van der Waals surface area contributed by atoms with Crippen molar-refractivity contribution in [2.75, 3.05) is 6.54 Å². The minimum Gasteiger partial charge on any atom is -0.336 e. The van der Waals surface area contributed by atoms with Gasteiger partial charge in [0, 0.05) is 23.8 Å². The lowest BCUT2D eigenvalue weighted by molar-refractivity contribution is 0.0551. The van der Waals surface area contributed by atoms with E-state index >= 15 is 0 Å². The maximum atomic E-state index is 12.7. The van der Waals surface area contributed by atoms with Gasteiger partial charge in [-0.3, -0.25) is 4.79 Å². The van der Waals surface area contributed by atoms with Gasteiger partial charge in [-0.1, -0.05) is 32.4 Å². The number of halogens is 1. The Morgan fingerprint density at radius 2 is 2.10 bits per heavy atom. The second kappa shape index (κ2) is 6.13. The molecule has 0 N–H and O–H groups in total. The number of amides is 1. The third kappa shape index (κ3) is 3.14. The second-order valence-corrected chi connectivity index (χ2v) is 6.50. The average Bonchev–Trinajstić information content (AvgIpc) is 2.40. The molecule has 0 bridgehead atoms. The SMILES string of the molecule is CC(C)c1cc(C(=O)N2CCCC(C)C2C)cc(Cl)n1. The van der Waals surface area contributed by atoms with Gasteiger partial charge in [-0.2, -0.15) is 0 Å². The van der Waals surface area contributed by atoms with E-state index in [9.17, 15) is 4.79 Å². The van der Waals surface area contributed by atoms with Crippen LogP contribution in [0.3, 0.4) is 0 Å². The summed E-state index contributed by atoms with van der Waals surface area (Å²) >= 11 is 6.06. The van der Waals surface area contributed by atoms with Gasteiger partial charge in [-0.05, 0) is 43.7 Å². The number of carbonyl (C=O) groups is 1. The molecule has 0 aliphatic carbocycles. The fraction of sp³-hybridized carbons (Fsp3) is 0.625. The minimum absolute atomic E-state index is 0.0789. The van der Waals surface area contributed by atoms with Crippen LogP contribution in [0.1, 0.15) is 62.5 Å². The highest BCUT2D eigenvalue weighted by Gasteiger charge is 2.29. The van der Waals surface area contributed by atoms with E-state index in [0.717, 1.165) is 18.7 Å². The molecule has 0 radical (unpaired) electrons. The number of pyridine rings is 1. The second-order valence-electron chi connectivity index (χ2n) is 6.12. The van der Waals surface area contributed by atoms with Gasteiger partial charge in [0.1, 0.15) is 5.15 Å². The van der Waals surface area contributed by atoms with E-state index in [1.165, 1.54) is 6.42 Å². The Hall–Kier alpha value is -1.09. The van der Waals surface area contributed by atoms with Crippen molar-refractivity contribution in [3.8, 4) is 0 Å². The Balaban J connectivity index is 2.28. The first-order valence-electron chi connectivity index (χ1n) is 7.38. The summed E-state index contributed by atoms with van der Waals surface area (Å²) in [5, 5.41) is 0.400. The topological polar surface area (TPSA) is 33.2 Å². The van der Waals surface area contributed by atoms with Crippen molar-refractivity contribution < 1.29 is 4.79 Å². The van der Waals surface area contributed by atoms with Gasteiger partial charge >= 0.3 is 0 Å². The number of aromatic nitrogens is 1. The normalized spacial score (nSPS) is 23.2. The summed E-state index contributed by atoms with van der Waals surface area (Å²) < 4.78 is 0. The Morgan fingerprint density at radius 3 is 2.75 bits per heavy atom. The van der Waals surface area contributed by atoms with Crippen LogP contribution < -0.4 is 0 Å². The van der Waals surface area contributed by atoms with Crippen LogP contribution in [-0.4, -0.2) is 28.4 Å². The van der Waals surface area contributed by atoms with Gasteiger partial charge in [0.15, 0.2) is 0 Å². The molecule has 0 saturated carbocycles. The molecule has 1 aromatic rings. The Kier molecular flexibility index (Phi) is 4.69. The van der Waals surface area contributed by atoms with E-state index in [-0.39, 0.29) is 17.9 Å². The van der Waals surface area contributed by atoms with Crippen LogP contribution >= 0.6 is 11.6 Å². The zero-order chi connectivity index (χ0) is 14.9. The third-order valence-electron chi connectivity index (χ3n) is 4.29. The molecule has 20 heavy (non-hydrogen) atoms. The number of hydrogen-bond acceptors (Lipinski definition) is 2. The lowest BCUT2D eigenvalue weighted by atomic mass is 9.91. The largest absolute Gasteiger partial charge is 0.336 e. The molecule has 2 rings (SSSR count). The lowest BCUT2D eigenvalue weighted by Gasteiger charge is -2.38. The fourth-order valence-corrected chi connectivity index (χ4v) is 2.94. The molecule has 3 nitrogen and oxygen atoms in total. The van der Waals surface area contributed by atoms with Crippen LogP contribution in [0.5, 0.6) is 0 Å². The van der Waals surface area contributed by atoms with Crippen LogP contribution in [0.4, 0.5) is 0 Å². The summed E-state index contributed by atoms with van der Waals surface area (Å²) in [5.41, 5.74) is 1.54. The molecule has 1 aliphatic heterocycles. The summed E-state index contributed by atoms with van der Waals surface area (Å²) in [6.07, 6.45) is 2.27. The molecule has 1 fully saturated rings. The van der Waals surface area contributed by atoms with E-state index in [4.69, 9.17) is 11.6 Å². The quantitative estimate of drug-likeness (QED) is 0.769. The van der Waals surface area contributed by atoms with Gasteiger partial charge in [-0.25, -0.2) is 4.98 Å².